The van der Waals surface area contributed by atoms with Gasteiger partial charge >= 0.3 is 11.9 Å². The van der Waals surface area contributed by atoms with Crippen molar-refractivity contribution in [2.24, 2.45) is 0 Å². The third kappa shape index (κ3) is 8.75. The molecule has 236 valence electrons. The second-order valence-corrected chi connectivity index (χ2v) is 9.76. The molecule has 0 fully saturated rings. The number of rotatable bonds is 12. The van der Waals surface area contributed by atoms with E-state index in [0.717, 1.165) is 12.8 Å². The summed E-state index contributed by atoms with van der Waals surface area (Å²) in [7, 11) is 2.69. The normalized spacial score (nSPS) is 12.0. The summed E-state index contributed by atoms with van der Waals surface area (Å²) >= 11 is 0. The molecule has 4 rings (SSSR count). The van der Waals surface area contributed by atoms with Crippen molar-refractivity contribution >= 4 is 23.6 Å². The Morgan fingerprint density at radius 2 is 1.32 bits per heavy atom. The second kappa shape index (κ2) is 16.0. The van der Waals surface area contributed by atoms with Crippen molar-refractivity contribution in [3.63, 3.8) is 0 Å². The highest BCUT2D eigenvalue weighted by atomic mass is 16.5. The monoisotopic (exact) mass is 608 g/mol. The minimum atomic E-state index is -0.432. The van der Waals surface area contributed by atoms with E-state index in [-0.39, 0.29) is 12.1 Å². The van der Waals surface area contributed by atoms with E-state index < -0.39 is 11.9 Å². The maximum Gasteiger partial charge on any atom is 0.338 e. The van der Waals surface area contributed by atoms with E-state index in [4.69, 9.17) is 9.47 Å². The van der Waals surface area contributed by atoms with E-state index in [2.05, 4.69) is 65.4 Å². The third-order valence-corrected chi connectivity index (χ3v) is 6.53. The number of methoxy groups -OCH3 is 2. The first-order valence-corrected chi connectivity index (χ1v) is 14.4. The van der Waals surface area contributed by atoms with E-state index in [1.807, 2.05) is 27.7 Å². The van der Waals surface area contributed by atoms with Crippen molar-refractivity contribution in [2.75, 3.05) is 24.9 Å². The van der Waals surface area contributed by atoms with Gasteiger partial charge in [0.15, 0.2) is 0 Å². The first kappa shape index (κ1) is 33.5. The van der Waals surface area contributed by atoms with Gasteiger partial charge in [-0.2, -0.15) is 4.80 Å². The molecular weight excluding hydrogens is 568 g/mol. The predicted octanol–water partition coefficient (Wildman–Crippen LogP) is 3.50. The van der Waals surface area contributed by atoms with E-state index in [1.165, 1.54) is 19.0 Å². The number of aryl methyl sites for hydroxylation is 2. The van der Waals surface area contributed by atoms with Crippen molar-refractivity contribution in [3.8, 4) is 23.0 Å². The number of pyridine rings is 2. The van der Waals surface area contributed by atoms with Crippen LogP contribution in [0.5, 0.6) is 0 Å². The molecule has 0 amide bonds. The Kier molecular flexibility index (Phi) is 12.2. The number of hydrogen-bond acceptors (Lipinski definition) is 14. The van der Waals surface area contributed by atoms with Gasteiger partial charge in [-0.05, 0) is 80.4 Å². The van der Waals surface area contributed by atoms with Crippen LogP contribution in [-0.2, 0) is 22.6 Å². The summed E-state index contributed by atoms with van der Waals surface area (Å²) in [6.07, 6.45) is 1.87. The lowest BCUT2D eigenvalue weighted by Gasteiger charge is -2.14. The SMILES string of the molecule is CC[C@H](C)Nc1cc(C(=O)OC)cc(-c2nnn(CC)n2)n1.CC[C@H](C)Nc1cc(C(=O)OC)cc(-c2nnnn2CC)n1. The van der Waals surface area contributed by atoms with Crippen LogP contribution in [-0.4, -0.2) is 88.6 Å². The number of nitrogens with zero attached hydrogens (tertiary/aromatic N) is 10. The molecule has 0 aromatic carbocycles. The average molecular weight is 609 g/mol. The summed E-state index contributed by atoms with van der Waals surface area (Å²) in [6, 6.07) is 7.02. The molecule has 0 saturated carbocycles. The molecule has 16 nitrogen and oxygen atoms in total. The van der Waals surface area contributed by atoms with Gasteiger partial charge in [0.2, 0.25) is 11.6 Å². The molecule has 0 radical (unpaired) electrons. The third-order valence-electron chi connectivity index (χ3n) is 6.53. The molecule has 2 N–H and O–H groups in total. The Labute approximate surface area is 256 Å². The smallest absolute Gasteiger partial charge is 0.338 e. The molecule has 44 heavy (non-hydrogen) atoms. The van der Waals surface area contributed by atoms with Crippen molar-refractivity contribution in [2.45, 2.75) is 79.6 Å². The van der Waals surface area contributed by atoms with Gasteiger partial charge in [-0.3, -0.25) is 0 Å². The zero-order valence-electron chi connectivity index (χ0n) is 26.4. The zero-order valence-corrected chi connectivity index (χ0v) is 26.4. The van der Waals surface area contributed by atoms with Crippen LogP contribution >= 0.6 is 0 Å². The Hall–Kier alpha value is -5.02. The number of anilines is 2. The Bertz CT molecular complexity index is 1540. The van der Waals surface area contributed by atoms with Gasteiger partial charge in [-0.15, -0.1) is 15.3 Å². The van der Waals surface area contributed by atoms with E-state index in [1.54, 1.807) is 28.9 Å². The number of tetrazole rings is 2. The Morgan fingerprint density at radius 1 is 0.773 bits per heavy atom. The average Bonchev–Trinajstić information content (AvgIpc) is 3.74. The number of carbonyl (C=O) groups excluding carboxylic acids is 2. The highest BCUT2D eigenvalue weighted by Gasteiger charge is 2.17. The molecule has 16 heteroatoms. The summed E-state index contributed by atoms with van der Waals surface area (Å²) < 4.78 is 11.2. The van der Waals surface area contributed by atoms with Gasteiger partial charge in [0.25, 0.3) is 0 Å². The van der Waals surface area contributed by atoms with Crippen LogP contribution in [0.25, 0.3) is 23.0 Å². The van der Waals surface area contributed by atoms with Crippen LogP contribution < -0.4 is 10.6 Å². The lowest BCUT2D eigenvalue weighted by Crippen LogP contribution is -2.16. The topological polar surface area (TPSA) is 190 Å². The molecule has 4 aromatic heterocycles. The molecule has 0 aliphatic carbocycles. The molecule has 4 aromatic rings. The zero-order chi connectivity index (χ0) is 32.2. The number of nitrogens with one attached hydrogen (secondary N) is 2. The Morgan fingerprint density at radius 3 is 1.80 bits per heavy atom. The molecule has 4 heterocycles. The lowest BCUT2D eigenvalue weighted by molar-refractivity contribution is 0.0592. The molecule has 0 aliphatic rings. The van der Waals surface area contributed by atoms with Crippen LogP contribution in [0.2, 0.25) is 0 Å². The molecule has 2 atom stereocenters. The van der Waals surface area contributed by atoms with Crippen molar-refractivity contribution in [1.82, 2.24) is 50.4 Å². The summed E-state index contributed by atoms with van der Waals surface area (Å²) in [5.74, 6) is 1.21. The molecule has 0 aliphatic heterocycles. The standard InChI is InChI=1S/2C14H20N6O2/c1-5-9(3)15-12-8-10(14(21)22-4)7-11(16-12)13-17-18-19-20(13)6-2;1-5-9(3)15-12-8-10(14(21)22-4)7-11(16-12)13-17-19-20(6-2)18-13/h2*7-9H,5-6H2,1-4H3,(H,15,16)/t2*9-/m00/s1. The summed E-state index contributed by atoms with van der Waals surface area (Å²) in [6.45, 7) is 13.3. The fraction of sp³-hybridized carbons (Fsp3) is 0.500. The maximum absolute atomic E-state index is 11.9. The van der Waals surface area contributed by atoms with Crippen LogP contribution in [0.3, 0.4) is 0 Å². The van der Waals surface area contributed by atoms with E-state index in [0.29, 0.717) is 58.9 Å². The molecule has 0 spiro atoms. The summed E-state index contributed by atoms with van der Waals surface area (Å²) in [5, 5.41) is 30.1. The van der Waals surface area contributed by atoms with Gasteiger partial charge in [0.05, 0.1) is 31.9 Å². The first-order valence-electron chi connectivity index (χ1n) is 14.4. The number of aromatic nitrogens is 10. The van der Waals surface area contributed by atoms with Crippen LogP contribution in [0.15, 0.2) is 24.3 Å². The lowest BCUT2D eigenvalue weighted by atomic mass is 10.2. The molecular formula is C28H40N12O4. The first-order chi connectivity index (χ1) is 21.1. The summed E-state index contributed by atoms with van der Waals surface area (Å²) in [5.41, 5.74) is 1.81. The van der Waals surface area contributed by atoms with Gasteiger partial charge in [0.1, 0.15) is 23.0 Å². The largest absolute Gasteiger partial charge is 0.465 e. The van der Waals surface area contributed by atoms with Gasteiger partial charge in [-0.1, -0.05) is 13.8 Å². The quantitative estimate of drug-likeness (QED) is 0.222. The van der Waals surface area contributed by atoms with Crippen LogP contribution in [0.4, 0.5) is 11.6 Å². The van der Waals surface area contributed by atoms with Crippen LogP contribution in [0.1, 0.15) is 75.1 Å². The number of hydrogen-bond donors (Lipinski definition) is 2. The van der Waals surface area contributed by atoms with Gasteiger partial charge < -0.3 is 20.1 Å². The van der Waals surface area contributed by atoms with Gasteiger partial charge in [0, 0.05) is 18.6 Å². The van der Waals surface area contributed by atoms with Crippen molar-refractivity contribution in [3.05, 3.63) is 35.4 Å². The molecule has 0 bridgehead atoms. The Balaban J connectivity index is 0.000000240. The second-order valence-electron chi connectivity index (χ2n) is 9.76. The number of esters is 2. The fourth-order valence-corrected chi connectivity index (χ4v) is 3.70. The predicted molar refractivity (Wildman–Crippen MR) is 163 cm³/mol. The summed E-state index contributed by atoms with van der Waals surface area (Å²) in [4.78, 5) is 34.1. The van der Waals surface area contributed by atoms with E-state index in [9.17, 15) is 9.59 Å². The van der Waals surface area contributed by atoms with Crippen LogP contribution in [0, 0.1) is 0 Å². The van der Waals surface area contributed by atoms with Gasteiger partial charge in [-0.25, -0.2) is 24.2 Å². The number of carbonyl (C=O) groups is 2. The minimum Gasteiger partial charge on any atom is -0.465 e. The molecule has 0 saturated heterocycles. The minimum absolute atomic E-state index is 0.229. The fourth-order valence-electron chi connectivity index (χ4n) is 3.70. The maximum atomic E-state index is 11.9. The van der Waals surface area contributed by atoms with Crippen molar-refractivity contribution < 1.29 is 19.1 Å². The number of ether oxygens (including phenoxy) is 2. The highest BCUT2D eigenvalue weighted by molar-refractivity contribution is 5.92. The molecule has 0 unspecified atom stereocenters. The van der Waals surface area contributed by atoms with Crippen molar-refractivity contribution in [1.29, 1.82) is 0 Å². The highest BCUT2D eigenvalue weighted by Crippen LogP contribution is 2.21. The van der Waals surface area contributed by atoms with E-state index >= 15 is 0 Å².